The highest BCUT2D eigenvalue weighted by atomic mass is 19.1. The molecule has 2 saturated carbocycles. The van der Waals surface area contributed by atoms with Crippen LogP contribution in [0.5, 0.6) is 0 Å². The molecule has 0 spiro atoms. The molecule has 5 heteroatoms. The molecule has 162 valence electrons. The maximum atomic E-state index is 13.9. The second kappa shape index (κ2) is 8.43. The maximum absolute atomic E-state index is 13.9. The average Bonchev–Trinajstić information content (AvgIpc) is 3.38. The van der Waals surface area contributed by atoms with E-state index in [4.69, 9.17) is 5.26 Å². The monoisotopic (exact) mass is 427 g/mol. The van der Waals surface area contributed by atoms with Gasteiger partial charge in [0.05, 0.1) is 5.52 Å². The van der Waals surface area contributed by atoms with Crippen molar-refractivity contribution in [1.82, 2.24) is 9.97 Å². The van der Waals surface area contributed by atoms with Crippen LogP contribution in [0.4, 0.5) is 4.39 Å². The van der Waals surface area contributed by atoms with Gasteiger partial charge in [-0.25, -0.2) is 9.37 Å². The van der Waals surface area contributed by atoms with E-state index in [1.165, 1.54) is 11.6 Å². The summed E-state index contributed by atoms with van der Waals surface area (Å²) in [5, 5.41) is 9.82. The molecule has 1 aromatic carbocycles. The highest BCUT2D eigenvalue weighted by molar-refractivity contribution is 5.83. The number of nitriles is 1. The number of pyridine rings is 2. The zero-order chi connectivity index (χ0) is 22.2. The Morgan fingerprint density at radius 3 is 2.59 bits per heavy atom. The minimum Gasteiger partial charge on any atom is -0.299 e. The van der Waals surface area contributed by atoms with E-state index in [0.717, 1.165) is 42.1 Å². The minimum atomic E-state index is -0.213. The summed E-state index contributed by atoms with van der Waals surface area (Å²) < 4.78 is 13.9. The third kappa shape index (κ3) is 3.90. The van der Waals surface area contributed by atoms with E-state index in [1.54, 1.807) is 24.4 Å². The predicted octanol–water partition coefficient (Wildman–Crippen LogP) is 5.61. The molecule has 5 atom stereocenters. The Kier molecular flexibility index (Phi) is 5.46. The van der Waals surface area contributed by atoms with Crippen molar-refractivity contribution < 1.29 is 9.18 Å². The van der Waals surface area contributed by atoms with Gasteiger partial charge in [-0.3, -0.25) is 9.78 Å². The van der Waals surface area contributed by atoms with Crippen LogP contribution in [0.15, 0.2) is 48.8 Å². The SMILES string of the molecule is CC(C(=O)Cc1ccc(C#N)nc1)C1C[C@H]2CC(c3ccnc4ccc(F)cc34)C[C@H]2C1. The zero-order valence-corrected chi connectivity index (χ0v) is 18.2. The predicted molar refractivity (Wildman–Crippen MR) is 120 cm³/mol. The van der Waals surface area contributed by atoms with Gasteiger partial charge < -0.3 is 0 Å². The lowest BCUT2D eigenvalue weighted by Gasteiger charge is -2.21. The fraction of sp³-hybridized carbons (Fsp3) is 0.407. The van der Waals surface area contributed by atoms with Crippen molar-refractivity contribution in [3.05, 3.63) is 71.4 Å². The van der Waals surface area contributed by atoms with Crippen molar-refractivity contribution in [1.29, 1.82) is 5.26 Å². The van der Waals surface area contributed by atoms with Crippen LogP contribution < -0.4 is 0 Å². The number of ketones is 1. The molecule has 0 radical (unpaired) electrons. The molecule has 0 aliphatic heterocycles. The summed E-state index contributed by atoms with van der Waals surface area (Å²) in [6.07, 6.45) is 8.26. The summed E-state index contributed by atoms with van der Waals surface area (Å²) in [6, 6.07) is 12.4. The van der Waals surface area contributed by atoms with E-state index in [9.17, 15) is 9.18 Å². The minimum absolute atomic E-state index is 0.0329. The Balaban J connectivity index is 1.23. The number of rotatable bonds is 5. The van der Waals surface area contributed by atoms with Crippen LogP contribution in [0, 0.1) is 40.8 Å². The standard InChI is InChI=1S/C27H26FN3O/c1-16(27(32)8-17-2-4-23(14-29)31-15-17)18-9-19-11-21(12-20(19)10-18)24-6-7-30-26-5-3-22(28)13-25(24)26/h2-7,13,15-16,18-21H,8-12H2,1H3/t16?,18?,19-,20+,21?. The molecule has 0 saturated heterocycles. The van der Waals surface area contributed by atoms with Crippen molar-refractivity contribution in [3.63, 3.8) is 0 Å². The number of hydrogen-bond acceptors (Lipinski definition) is 4. The van der Waals surface area contributed by atoms with Gasteiger partial charge in [0.15, 0.2) is 0 Å². The normalized spacial score (nSPS) is 25.4. The number of nitrogens with zero attached hydrogens (tertiary/aromatic N) is 3. The van der Waals surface area contributed by atoms with E-state index >= 15 is 0 Å². The van der Waals surface area contributed by atoms with Crippen molar-refractivity contribution in [2.75, 3.05) is 0 Å². The first-order valence-corrected chi connectivity index (χ1v) is 11.4. The van der Waals surface area contributed by atoms with Gasteiger partial charge >= 0.3 is 0 Å². The quantitative estimate of drug-likeness (QED) is 0.531. The van der Waals surface area contributed by atoms with Gasteiger partial charge in [-0.15, -0.1) is 0 Å². The summed E-state index contributed by atoms with van der Waals surface area (Å²) in [5.41, 5.74) is 3.32. The van der Waals surface area contributed by atoms with Crippen molar-refractivity contribution in [3.8, 4) is 6.07 Å². The van der Waals surface area contributed by atoms with E-state index in [-0.39, 0.29) is 17.5 Å². The molecule has 0 bridgehead atoms. The van der Waals surface area contributed by atoms with Gasteiger partial charge in [0.1, 0.15) is 23.4 Å². The molecule has 2 fully saturated rings. The maximum Gasteiger partial charge on any atom is 0.140 e. The van der Waals surface area contributed by atoms with Crippen LogP contribution in [0.3, 0.4) is 0 Å². The molecule has 2 aliphatic rings. The Bertz CT molecular complexity index is 1190. The molecular formula is C27H26FN3O. The first-order valence-electron chi connectivity index (χ1n) is 11.4. The number of hydrogen-bond donors (Lipinski definition) is 0. The molecule has 2 aliphatic carbocycles. The smallest absolute Gasteiger partial charge is 0.140 e. The van der Waals surface area contributed by atoms with Gasteiger partial charge in [-0.1, -0.05) is 13.0 Å². The molecule has 4 nitrogen and oxygen atoms in total. The highest BCUT2D eigenvalue weighted by Crippen LogP contribution is 2.54. The Morgan fingerprint density at radius 2 is 1.91 bits per heavy atom. The van der Waals surface area contributed by atoms with Gasteiger partial charge in [-0.2, -0.15) is 5.26 Å². The van der Waals surface area contributed by atoms with E-state index < -0.39 is 0 Å². The Hall–Kier alpha value is -3.13. The number of fused-ring (bicyclic) bond motifs is 2. The molecule has 3 aromatic rings. The molecule has 2 aromatic heterocycles. The third-order valence-electron chi connectivity index (χ3n) is 7.76. The fourth-order valence-corrected chi connectivity index (χ4v) is 6.04. The molecular weight excluding hydrogens is 401 g/mol. The fourth-order valence-electron chi connectivity index (χ4n) is 6.04. The summed E-state index contributed by atoms with van der Waals surface area (Å²) >= 11 is 0. The van der Waals surface area contributed by atoms with Crippen LogP contribution in [0.25, 0.3) is 10.9 Å². The molecule has 0 N–H and O–H groups in total. The summed E-state index contributed by atoms with van der Waals surface area (Å²) in [6.45, 7) is 2.07. The van der Waals surface area contributed by atoms with Crippen LogP contribution in [0.1, 0.15) is 55.3 Å². The summed E-state index contributed by atoms with van der Waals surface area (Å²) in [4.78, 5) is 21.4. The number of benzene rings is 1. The molecule has 5 rings (SSSR count). The third-order valence-corrected chi connectivity index (χ3v) is 7.76. The first-order chi connectivity index (χ1) is 15.5. The Labute approximate surface area is 187 Å². The van der Waals surface area contributed by atoms with Crippen LogP contribution in [-0.2, 0) is 11.2 Å². The lowest BCUT2D eigenvalue weighted by molar-refractivity contribution is -0.123. The molecule has 0 amide bonds. The van der Waals surface area contributed by atoms with Gasteiger partial charge in [-0.05, 0) is 90.8 Å². The second-order valence-corrected chi connectivity index (χ2v) is 9.58. The lowest BCUT2D eigenvalue weighted by atomic mass is 9.83. The molecule has 32 heavy (non-hydrogen) atoms. The largest absolute Gasteiger partial charge is 0.299 e. The zero-order valence-electron chi connectivity index (χ0n) is 18.2. The second-order valence-electron chi connectivity index (χ2n) is 9.58. The lowest BCUT2D eigenvalue weighted by Crippen LogP contribution is -2.21. The van der Waals surface area contributed by atoms with E-state index in [0.29, 0.717) is 35.8 Å². The topological polar surface area (TPSA) is 66.6 Å². The number of carbonyl (C=O) groups is 1. The van der Waals surface area contributed by atoms with Gasteiger partial charge in [0.2, 0.25) is 0 Å². The number of aromatic nitrogens is 2. The molecule has 3 unspecified atom stereocenters. The van der Waals surface area contributed by atoms with Crippen molar-refractivity contribution in [2.24, 2.45) is 23.7 Å². The average molecular weight is 428 g/mol. The van der Waals surface area contributed by atoms with Crippen LogP contribution in [-0.4, -0.2) is 15.8 Å². The van der Waals surface area contributed by atoms with Crippen molar-refractivity contribution in [2.45, 2.75) is 44.9 Å². The number of Topliss-reactive ketones (excluding diaryl/α,β-unsaturated/α-hetero) is 1. The van der Waals surface area contributed by atoms with Gasteiger partial charge in [0, 0.05) is 30.1 Å². The van der Waals surface area contributed by atoms with Crippen molar-refractivity contribution >= 4 is 16.7 Å². The number of carbonyl (C=O) groups excluding carboxylic acids is 1. The van der Waals surface area contributed by atoms with Crippen LogP contribution in [0.2, 0.25) is 0 Å². The van der Waals surface area contributed by atoms with E-state index in [2.05, 4.69) is 23.0 Å². The number of halogens is 1. The van der Waals surface area contributed by atoms with E-state index in [1.807, 2.05) is 18.3 Å². The summed E-state index contributed by atoms with van der Waals surface area (Å²) in [5.74, 6) is 2.21. The van der Waals surface area contributed by atoms with Crippen LogP contribution >= 0.6 is 0 Å². The first kappa shape index (κ1) is 20.8. The van der Waals surface area contributed by atoms with Gasteiger partial charge in [0.25, 0.3) is 0 Å². The highest BCUT2D eigenvalue weighted by Gasteiger charge is 2.44. The molecule has 2 heterocycles. The summed E-state index contributed by atoms with van der Waals surface area (Å²) in [7, 11) is 0. The Morgan fingerprint density at radius 1 is 1.12 bits per heavy atom.